The molecule has 130 valence electrons. The first-order valence-corrected chi connectivity index (χ1v) is 9.71. The second-order valence-electron chi connectivity index (χ2n) is 5.44. The Hall–Kier alpha value is -2.51. The van der Waals surface area contributed by atoms with E-state index in [1.54, 1.807) is 11.3 Å². The van der Waals surface area contributed by atoms with Crippen LogP contribution < -0.4 is 0 Å². The fourth-order valence-electron chi connectivity index (χ4n) is 2.55. The Bertz CT molecular complexity index is 994. The first-order chi connectivity index (χ1) is 12.7. The zero-order chi connectivity index (χ0) is 17.9. The van der Waals surface area contributed by atoms with Gasteiger partial charge in [-0.25, -0.2) is 8.78 Å². The van der Waals surface area contributed by atoms with Gasteiger partial charge in [-0.05, 0) is 35.7 Å². The summed E-state index contributed by atoms with van der Waals surface area (Å²) in [6, 6.07) is 17.5. The summed E-state index contributed by atoms with van der Waals surface area (Å²) in [7, 11) is 0. The lowest BCUT2D eigenvalue weighted by molar-refractivity contribution is 0.566. The maximum absolute atomic E-state index is 13.9. The number of halogens is 2. The molecule has 7 heteroatoms. The number of benzene rings is 2. The molecule has 0 atom stereocenters. The molecule has 0 bridgehead atoms. The number of hydrogen-bond acceptors (Lipinski definition) is 4. The van der Waals surface area contributed by atoms with E-state index in [4.69, 9.17) is 0 Å². The van der Waals surface area contributed by atoms with Crippen molar-refractivity contribution in [1.82, 2.24) is 14.8 Å². The average molecular weight is 385 g/mol. The van der Waals surface area contributed by atoms with Crippen LogP contribution in [-0.2, 0) is 5.75 Å². The predicted molar refractivity (Wildman–Crippen MR) is 101 cm³/mol. The van der Waals surface area contributed by atoms with Crippen LogP contribution in [0.1, 0.15) is 5.56 Å². The van der Waals surface area contributed by atoms with E-state index in [2.05, 4.69) is 10.2 Å². The Balaban J connectivity index is 1.73. The fraction of sp³-hybridized carbons (Fsp3) is 0.0526. The highest BCUT2D eigenvalue weighted by Crippen LogP contribution is 2.32. The Kier molecular flexibility index (Phi) is 4.81. The molecular weight excluding hydrogens is 372 g/mol. The first kappa shape index (κ1) is 16.9. The molecule has 3 nitrogen and oxygen atoms in total. The topological polar surface area (TPSA) is 30.7 Å². The molecule has 0 unspecified atom stereocenters. The third-order valence-electron chi connectivity index (χ3n) is 3.80. The second kappa shape index (κ2) is 7.39. The van der Waals surface area contributed by atoms with Gasteiger partial charge < -0.3 is 0 Å². The van der Waals surface area contributed by atoms with E-state index in [-0.39, 0.29) is 11.3 Å². The van der Waals surface area contributed by atoms with Crippen LogP contribution in [-0.4, -0.2) is 14.8 Å². The molecule has 0 amide bonds. The Morgan fingerprint density at radius 2 is 1.65 bits per heavy atom. The molecule has 26 heavy (non-hydrogen) atoms. The van der Waals surface area contributed by atoms with E-state index in [1.165, 1.54) is 30.0 Å². The molecule has 0 saturated carbocycles. The molecule has 0 aliphatic heterocycles. The van der Waals surface area contributed by atoms with Gasteiger partial charge in [0.15, 0.2) is 11.0 Å². The third-order valence-corrected chi connectivity index (χ3v) is 5.62. The summed E-state index contributed by atoms with van der Waals surface area (Å²) in [5.74, 6) is -0.264. The van der Waals surface area contributed by atoms with Crippen LogP contribution in [0.3, 0.4) is 0 Å². The van der Waals surface area contributed by atoms with Crippen molar-refractivity contribution in [1.29, 1.82) is 0 Å². The standard InChI is InChI=1S/C19H13F2N3S2/c20-15-8-4-9-16(21)14(15)12-26-19-23-22-18(17-10-5-11-25-17)24(19)13-6-2-1-3-7-13/h1-11H,12H2. The minimum atomic E-state index is -0.554. The van der Waals surface area contributed by atoms with Crippen molar-refractivity contribution < 1.29 is 8.78 Å². The number of hydrogen-bond donors (Lipinski definition) is 0. The molecular formula is C19H13F2N3S2. The molecule has 0 aliphatic rings. The van der Waals surface area contributed by atoms with E-state index in [9.17, 15) is 8.78 Å². The predicted octanol–water partition coefficient (Wildman–Crippen LogP) is 5.57. The Morgan fingerprint density at radius 3 is 2.35 bits per heavy atom. The summed E-state index contributed by atoms with van der Waals surface area (Å²) in [6.45, 7) is 0. The summed E-state index contributed by atoms with van der Waals surface area (Å²) in [5.41, 5.74) is 0.940. The van der Waals surface area contributed by atoms with Gasteiger partial charge >= 0.3 is 0 Å². The lowest BCUT2D eigenvalue weighted by Crippen LogP contribution is -2.00. The van der Waals surface area contributed by atoms with Crippen LogP contribution >= 0.6 is 23.1 Å². The lowest BCUT2D eigenvalue weighted by atomic mass is 10.2. The molecule has 2 aromatic carbocycles. The summed E-state index contributed by atoms with van der Waals surface area (Å²) in [5, 5.41) is 11.1. The van der Waals surface area contributed by atoms with Gasteiger partial charge in [0, 0.05) is 17.0 Å². The molecule has 2 aromatic heterocycles. The summed E-state index contributed by atoms with van der Waals surface area (Å²) in [4.78, 5) is 0.977. The molecule has 0 saturated heterocycles. The van der Waals surface area contributed by atoms with Crippen molar-refractivity contribution >= 4 is 23.1 Å². The van der Waals surface area contributed by atoms with Crippen molar-refractivity contribution in [2.75, 3.05) is 0 Å². The fourth-order valence-corrected chi connectivity index (χ4v) is 4.21. The van der Waals surface area contributed by atoms with Crippen LogP contribution in [0.25, 0.3) is 16.4 Å². The van der Waals surface area contributed by atoms with E-state index in [1.807, 2.05) is 52.4 Å². The highest BCUT2D eigenvalue weighted by Gasteiger charge is 2.18. The largest absolute Gasteiger partial charge is 0.269 e. The quantitative estimate of drug-likeness (QED) is 0.421. The lowest BCUT2D eigenvalue weighted by Gasteiger charge is -2.10. The van der Waals surface area contributed by atoms with Crippen molar-refractivity contribution in [3.63, 3.8) is 0 Å². The number of thiophene rings is 1. The van der Waals surface area contributed by atoms with Crippen LogP contribution in [0.2, 0.25) is 0 Å². The van der Waals surface area contributed by atoms with Crippen molar-refractivity contribution in [3.05, 3.63) is 83.2 Å². The number of rotatable bonds is 5. The normalized spacial score (nSPS) is 11.0. The number of thioether (sulfide) groups is 1. The monoisotopic (exact) mass is 385 g/mol. The Morgan fingerprint density at radius 1 is 0.885 bits per heavy atom. The van der Waals surface area contributed by atoms with Gasteiger partial charge in [0.25, 0.3) is 0 Å². The highest BCUT2D eigenvalue weighted by atomic mass is 32.2. The molecule has 0 spiro atoms. The average Bonchev–Trinajstić information content (AvgIpc) is 3.31. The summed E-state index contributed by atoms with van der Waals surface area (Å²) in [6.07, 6.45) is 0. The van der Waals surface area contributed by atoms with Gasteiger partial charge in [-0.15, -0.1) is 21.5 Å². The second-order valence-corrected chi connectivity index (χ2v) is 7.33. The first-order valence-electron chi connectivity index (χ1n) is 7.84. The summed E-state index contributed by atoms with van der Waals surface area (Å²) < 4.78 is 29.7. The van der Waals surface area contributed by atoms with E-state index >= 15 is 0 Å². The molecule has 0 radical (unpaired) electrons. The Labute approximate surface area is 157 Å². The molecule has 0 aliphatic carbocycles. The molecule has 4 rings (SSSR count). The minimum Gasteiger partial charge on any atom is -0.269 e. The van der Waals surface area contributed by atoms with Crippen molar-refractivity contribution in [2.45, 2.75) is 10.9 Å². The van der Waals surface area contributed by atoms with Crippen LogP contribution in [0.5, 0.6) is 0 Å². The van der Waals surface area contributed by atoms with Crippen LogP contribution in [0.15, 0.2) is 71.2 Å². The minimum absolute atomic E-state index is 0.0396. The van der Waals surface area contributed by atoms with Gasteiger partial charge in [-0.1, -0.05) is 42.1 Å². The van der Waals surface area contributed by atoms with Gasteiger partial charge in [0.05, 0.1) is 4.88 Å². The van der Waals surface area contributed by atoms with Gasteiger partial charge in [0.1, 0.15) is 11.6 Å². The maximum Gasteiger partial charge on any atom is 0.196 e. The molecule has 4 aromatic rings. The van der Waals surface area contributed by atoms with Gasteiger partial charge in [-0.3, -0.25) is 4.57 Å². The summed E-state index contributed by atoms with van der Waals surface area (Å²) >= 11 is 2.82. The zero-order valence-corrected chi connectivity index (χ0v) is 15.1. The molecule has 0 N–H and O–H groups in total. The number of aromatic nitrogens is 3. The molecule has 2 heterocycles. The SMILES string of the molecule is Fc1cccc(F)c1CSc1nnc(-c2cccs2)n1-c1ccccc1. The smallest absolute Gasteiger partial charge is 0.196 e. The van der Waals surface area contributed by atoms with E-state index in [0.717, 1.165) is 10.6 Å². The number of nitrogens with zero attached hydrogens (tertiary/aromatic N) is 3. The van der Waals surface area contributed by atoms with Gasteiger partial charge in [0.2, 0.25) is 0 Å². The van der Waals surface area contributed by atoms with Crippen LogP contribution in [0, 0.1) is 11.6 Å². The maximum atomic E-state index is 13.9. The number of para-hydroxylation sites is 1. The van der Waals surface area contributed by atoms with Crippen molar-refractivity contribution in [2.24, 2.45) is 0 Å². The van der Waals surface area contributed by atoms with Crippen molar-refractivity contribution in [3.8, 4) is 16.4 Å². The third kappa shape index (κ3) is 3.27. The highest BCUT2D eigenvalue weighted by molar-refractivity contribution is 7.98. The zero-order valence-electron chi connectivity index (χ0n) is 13.5. The van der Waals surface area contributed by atoms with E-state index in [0.29, 0.717) is 11.0 Å². The van der Waals surface area contributed by atoms with Crippen LogP contribution in [0.4, 0.5) is 8.78 Å². The van der Waals surface area contributed by atoms with E-state index < -0.39 is 11.6 Å². The van der Waals surface area contributed by atoms with Gasteiger partial charge in [-0.2, -0.15) is 0 Å². The molecule has 0 fully saturated rings.